The van der Waals surface area contributed by atoms with Gasteiger partial charge in [0, 0.05) is 0 Å². The Labute approximate surface area is 85.3 Å². The van der Waals surface area contributed by atoms with Crippen LogP contribution in [0.2, 0.25) is 0 Å². The summed E-state index contributed by atoms with van der Waals surface area (Å²) in [4.78, 5) is 0. The fraction of sp³-hybridized carbons (Fsp3) is 0.800. The first-order chi connectivity index (χ1) is 6.52. The SMILES string of the molecule is CC(C)[C@H](C#N)N=N[C@@H](C#N)C(C)C. The number of rotatable bonds is 4. The van der Waals surface area contributed by atoms with Gasteiger partial charge in [-0.1, -0.05) is 27.7 Å². The second-order valence-electron chi connectivity index (χ2n) is 3.87. The van der Waals surface area contributed by atoms with Crippen molar-refractivity contribution in [2.24, 2.45) is 22.1 Å². The number of nitrogens with zero attached hydrogens (tertiary/aromatic N) is 4. The van der Waals surface area contributed by atoms with E-state index in [0.717, 1.165) is 0 Å². The molecule has 0 aliphatic heterocycles. The van der Waals surface area contributed by atoms with Gasteiger partial charge in [0.15, 0.2) is 12.1 Å². The molecule has 4 heteroatoms. The third-order valence-corrected chi connectivity index (χ3v) is 1.84. The fourth-order valence-electron chi connectivity index (χ4n) is 0.760. The second kappa shape index (κ2) is 6.10. The average molecular weight is 192 g/mol. The maximum atomic E-state index is 8.73. The number of nitriles is 2. The molecular weight excluding hydrogens is 176 g/mol. The van der Waals surface area contributed by atoms with E-state index in [9.17, 15) is 0 Å². The van der Waals surface area contributed by atoms with Crippen molar-refractivity contribution in [3.8, 4) is 12.1 Å². The van der Waals surface area contributed by atoms with Crippen LogP contribution in [0.4, 0.5) is 0 Å². The van der Waals surface area contributed by atoms with Gasteiger partial charge in [-0.05, 0) is 11.8 Å². The molecule has 0 N–H and O–H groups in total. The Kier molecular flexibility index (Phi) is 5.48. The van der Waals surface area contributed by atoms with E-state index in [0.29, 0.717) is 0 Å². The van der Waals surface area contributed by atoms with E-state index in [1.807, 2.05) is 27.7 Å². The van der Waals surface area contributed by atoms with Gasteiger partial charge < -0.3 is 0 Å². The van der Waals surface area contributed by atoms with Gasteiger partial charge in [-0.2, -0.15) is 20.8 Å². The standard InChI is InChI=1S/C10H16N4/c1-7(2)9(5-11)13-14-10(6-12)8(3)4/h7-10H,1-4H3/t9-,10-/m0/s1. The summed E-state index contributed by atoms with van der Waals surface area (Å²) in [6.45, 7) is 7.63. The van der Waals surface area contributed by atoms with Gasteiger partial charge >= 0.3 is 0 Å². The molecule has 0 fully saturated rings. The van der Waals surface area contributed by atoms with Crippen molar-refractivity contribution in [2.45, 2.75) is 39.8 Å². The van der Waals surface area contributed by atoms with Crippen molar-refractivity contribution in [2.75, 3.05) is 0 Å². The molecule has 0 aliphatic rings. The first kappa shape index (κ1) is 12.6. The van der Waals surface area contributed by atoms with Gasteiger partial charge in [0.05, 0.1) is 12.1 Å². The minimum Gasteiger partial charge on any atom is -0.196 e. The van der Waals surface area contributed by atoms with Gasteiger partial charge in [0.1, 0.15) is 0 Å². The summed E-state index contributed by atoms with van der Waals surface area (Å²) >= 11 is 0. The Morgan fingerprint density at radius 3 is 1.21 bits per heavy atom. The van der Waals surface area contributed by atoms with Crippen LogP contribution < -0.4 is 0 Å². The average Bonchev–Trinajstić information content (AvgIpc) is 2.11. The van der Waals surface area contributed by atoms with Crippen molar-refractivity contribution in [3.63, 3.8) is 0 Å². The van der Waals surface area contributed by atoms with Gasteiger partial charge in [-0.3, -0.25) is 0 Å². The molecule has 0 aromatic rings. The highest BCUT2D eigenvalue weighted by Crippen LogP contribution is 2.10. The lowest BCUT2D eigenvalue weighted by molar-refractivity contribution is 0.507. The van der Waals surface area contributed by atoms with Crippen LogP contribution in [0.1, 0.15) is 27.7 Å². The summed E-state index contributed by atoms with van der Waals surface area (Å²) in [6, 6.07) is 3.22. The Bertz CT molecular complexity index is 239. The highest BCUT2D eigenvalue weighted by atomic mass is 15.1. The Morgan fingerprint density at radius 1 is 0.786 bits per heavy atom. The van der Waals surface area contributed by atoms with E-state index in [2.05, 4.69) is 22.4 Å². The minimum atomic E-state index is -0.440. The first-order valence-corrected chi connectivity index (χ1v) is 4.72. The van der Waals surface area contributed by atoms with Crippen LogP contribution in [0.15, 0.2) is 10.2 Å². The number of hydrogen-bond donors (Lipinski definition) is 0. The quantitative estimate of drug-likeness (QED) is 0.642. The molecule has 0 bridgehead atoms. The van der Waals surface area contributed by atoms with E-state index in [1.165, 1.54) is 0 Å². The molecule has 0 rings (SSSR count). The molecule has 0 saturated carbocycles. The van der Waals surface area contributed by atoms with E-state index in [-0.39, 0.29) is 11.8 Å². The highest BCUT2D eigenvalue weighted by Gasteiger charge is 2.14. The van der Waals surface area contributed by atoms with Crippen LogP contribution in [0.3, 0.4) is 0 Å². The van der Waals surface area contributed by atoms with E-state index >= 15 is 0 Å². The molecule has 0 spiro atoms. The fourth-order valence-corrected chi connectivity index (χ4v) is 0.760. The van der Waals surface area contributed by atoms with Crippen molar-refractivity contribution in [1.29, 1.82) is 10.5 Å². The topological polar surface area (TPSA) is 72.3 Å². The van der Waals surface area contributed by atoms with Gasteiger partial charge in [0.25, 0.3) is 0 Å². The van der Waals surface area contributed by atoms with Gasteiger partial charge in [-0.15, -0.1) is 0 Å². The van der Waals surface area contributed by atoms with E-state index < -0.39 is 12.1 Å². The lowest BCUT2D eigenvalue weighted by atomic mass is 10.1. The summed E-state index contributed by atoms with van der Waals surface area (Å²) in [5.41, 5.74) is 0. The predicted molar refractivity (Wildman–Crippen MR) is 53.3 cm³/mol. The molecule has 0 saturated heterocycles. The number of azo groups is 1. The van der Waals surface area contributed by atoms with Gasteiger partial charge in [-0.25, -0.2) is 0 Å². The Balaban J connectivity index is 4.42. The van der Waals surface area contributed by atoms with Crippen molar-refractivity contribution in [1.82, 2.24) is 0 Å². The minimum absolute atomic E-state index is 0.134. The van der Waals surface area contributed by atoms with E-state index in [4.69, 9.17) is 10.5 Å². The van der Waals surface area contributed by atoms with Crippen LogP contribution >= 0.6 is 0 Å². The molecule has 14 heavy (non-hydrogen) atoms. The van der Waals surface area contributed by atoms with Crippen LogP contribution in [0.25, 0.3) is 0 Å². The zero-order valence-corrected chi connectivity index (χ0v) is 9.10. The molecule has 0 heterocycles. The zero-order chi connectivity index (χ0) is 11.1. The molecule has 76 valence electrons. The number of hydrogen-bond acceptors (Lipinski definition) is 4. The van der Waals surface area contributed by atoms with Gasteiger partial charge in [0.2, 0.25) is 0 Å². The third-order valence-electron chi connectivity index (χ3n) is 1.84. The zero-order valence-electron chi connectivity index (χ0n) is 9.10. The molecule has 0 aromatic heterocycles. The molecule has 0 radical (unpaired) electrons. The van der Waals surface area contributed by atoms with Crippen molar-refractivity contribution >= 4 is 0 Å². The maximum Gasteiger partial charge on any atom is 0.159 e. The summed E-state index contributed by atoms with van der Waals surface area (Å²) in [5, 5.41) is 25.2. The molecular formula is C10H16N4. The largest absolute Gasteiger partial charge is 0.196 e. The van der Waals surface area contributed by atoms with Crippen molar-refractivity contribution in [3.05, 3.63) is 0 Å². The summed E-state index contributed by atoms with van der Waals surface area (Å²) in [7, 11) is 0. The van der Waals surface area contributed by atoms with Crippen LogP contribution in [-0.2, 0) is 0 Å². The normalized spacial score (nSPS) is 15.4. The molecule has 0 aromatic carbocycles. The molecule has 0 amide bonds. The Morgan fingerprint density at radius 2 is 1.07 bits per heavy atom. The van der Waals surface area contributed by atoms with E-state index in [1.54, 1.807) is 0 Å². The lowest BCUT2D eigenvalue weighted by Crippen LogP contribution is -2.13. The smallest absolute Gasteiger partial charge is 0.159 e. The summed E-state index contributed by atoms with van der Waals surface area (Å²) in [6.07, 6.45) is 0. The molecule has 2 atom stereocenters. The molecule has 0 aliphatic carbocycles. The lowest BCUT2D eigenvalue weighted by Gasteiger charge is -2.09. The Hall–Kier alpha value is -1.42. The second-order valence-corrected chi connectivity index (χ2v) is 3.87. The first-order valence-electron chi connectivity index (χ1n) is 4.72. The monoisotopic (exact) mass is 192 g/mol. The van der Waals surface area contributed by atoms with Crippen LogP contribution in [-0.4, -0.2) is 12.1 Å². The van der Waals surface area contributed by atoms with Crippen LogP contribution in [0, 0.1) is 34.5 Å². The molecule has 0 unspecified atom stereocenters. The summed E-state index contributed by atoms with van der Waals surface area (Å²) in [5.74, 6) is 0.269. The maximum absolute atomic E-state index is 8.73. The predicted octanol–water partition coefficient (Wildman–Crippen LogP) is 2.53. The molecule has 4 nitrogen and oxygen atoms in total. The van der Waals surface area contributed by atoms with Crippen LogP contribution in [0.5, 0.6) is 0 Å². The third kappa shape index (κ3) is 4.00. The highest BCUT2D eigenvalue weighted by molar-refractivity contribution is 4.94. The van der Waals surface area contributed by atoms with Crippen molar-refractivity contribution < 1.29 is 0 Å². The summed E-state index contributed by atoms with van der Waals surface area (Å²) < 4.78 is 0.